The van der Waals surface area contributed by atoms with E-state index in [9.17, 15) is 0 Å². The first kappa shape index (κ1) is 6.59. The van der Waals surface area contributed by atoms with Crippen LogP contribution in [0.25, 0.3) is 0 Å². The molecule has 0 radical (unpaired) electrons. The fourth-order valence-corrected chi connectivity index (χ4v) is 1.68. The molecule has 0 nitrogen and oxygen atoms in total. The molecule has 0 saturated carbocycles. The van der Waals surface area contributed by atoms with Gasteiger partial charge in [0.2, 0.25) is 0 Å². The molecule has 1 aliphatic rings. The van der Waals surface area contributed by atoms with Crippen LogP contribution in [0.15, 0.2) is 11.6 Å². The van der Waals surface area contributed by atoms with Gasteiger partial charge in [-0.15, -0.1) is 0 Å². The largest absolute Gasteiger partial charge is 0.0846 e. The summed E-state index contributed by atoms with van der Waals surface area (Å²) in [5.41, 5.74) is 1.58. The van der Waals surface area contributed by atoms with Gasteiger partial charge in [0.05, 0.1) is 0 Å². The van der Waals surface area contributed by atoms with Gasteiger partial charge in [0, 0.05) is 3.92 Å². The van der Waals surface area contributed by atoms with E-state index in [1.165, 1.54) is 19.3 Å². The minimum Gasteiger partial charge on any atom is -0.0846 e. The third kappa shape index (κ3) is 1.47. The smallest absolute Gasteiger partial charge is 0.0316 e. The monoisotopic (exact) mass is 222 g/mol. The molecule has 46 valence electrons. The van der Waals surface area contributed by atoms with E-state index in [1.54, 1.807) is 5.57 Å². The molecule has 0 aliphatic heterocycles. The average molecular weight is 222 g/mol. The molecule has 0 spiro atoms. The summed E-state index contributed by atoms with van der Waals surface area (Å²) in [6.45, 7) is 2.23. The molecule has 0 heterocycles. The second kappa shape index (κ2) is 2.85. The summed E-state index contributed by atoms with van der Waals surface area (Å²) in [4.78, 5) is 0. The van der Waals surface area contributed by atoms with Crippen LogP contribution >= 0.6 is 22.6 Å². The molecule has 1 unspecified atom stereocenters. The normalized spacial score (nSPS) is 29.8. The fraction of sp³-hybridized carbons (Fsp3) is 0.714. The highest BCUT2D eigenvalue weighted by molar-refractivity contribution is 14.1. The molecule has 1 rings (SSSR count). The summed E-state index contributed by atoms with van der Waals surface area (Å²) in [7, 11) is 0. The van der Waals surface area contributed by atoms with Crippen molar-refractivity contribution in [3.8, 4) is 0 Å². The van der Waals surface area contributed by atoms with Crippen molar-refractivity contribution < 1.29 is 0 Å². The molecular formula is C7H11I. The van der Waals surface area contributed by atoms with E-state index in [0.29, 0.717) is 0 Å². The van der Waals surface area contributed by atoms with Gasteiger partial charge in [-0.1, -0.05) is 34.2 Å². The van der Waals surface area contributed by atoms with E-state index in [2.05, 4.69) is 35.6 Å². The lowest BCUT2D eigenvalue weighted by Gasteiger charge is -2.14. The van der Waals surface area contributed by atoms with Crippen molar-refractivity contribution >= 4 is 22.6 Å². The molecule has 8 heavy (non-hydrogen) atoms. The molecule has 0 amide bonds. The number of halogens is 1. The number of rotatable bonds is 0. The van der Waals surface area contributed by atoms with E-state index in [0.717, 1.165) is 3.92 Å². The molecule has 0 N–H and O–H groups in total. The van der Waals surface area contributed by atoms with Gasteiger partial charge >= 0.3 is 0 Å². The maximum Gasteiger partial charge on any atom is 0.0316 e. The summed E-state index contributed by atoms with van der Waals surface area (Å²) < 4.78 is 0.835. The lowest BCUT2D eigenvalue weighted by molar-refractivity contribution is 0.728. The highest BCUT2D eigenvalue weighted by Crippen LogP contribution is 2.24. The minimum atomic E-state index is 0.835. The highest BCUT2D eigenvalue weighted by atomic mass is 127. The second-order valence-electron chi connectivity index (χ2n) is 2.35. The zero-order valence-corrected chi connectivity index (χ0v) is 7.31. The number of hydrogen-bond donors (Lipinski definition) is 0. The Morgan fingerprint density at radius 2 is 2.50 bits per heavy atom. The van der Waals surface area contributed by atoms with E-state index >= 15 is 0 Å². The molecule has 1 heteroatoms. The Labute approximate surface area is 64.5 Å². The van der Waals surface area contributed by atoms with Crippen molar-refractivity contribution in [1.82, 2.24) is 0 Å². The van der Waals surface area contributed by atoms with Gasteiger partial charge in [-0.25, -0.2) is 0 Å². The van der Waals surface area contributed by atoms with Crippen LogP contribution in [0.5, 0.6) is 0 Å². The molecule has 1 atom stereocenters. The first-order valence-electron chi connectivity index (χ1n) is 3.11. The fourth-order valence-electron chi connectivity index (χ4n) is 0.982. The van der Waals surface area contributed by atoms with Crippen molar-refractivity contribution in [2.45, 2.75) is 30.1 Å². The van der Waals surface area contributed by atoms with Crippen LogP contribution in [0.3, 0.4) is 0 Å². The predicted octanol–water partition coefficient (Wildman–Crippen LogP) is 2.92. The van der Waals surface area contributed by atoms with Gasteiger partial charge in [-0.3, -0.25) is 0 Å². The third-order valence-corrected chi connectivity index (χ3v) is 3.23. The lowest BCUT2D eigenvalue weighted by Crippen LogP contribution is -2.03. The molecule has 0 fully saturated rings. The van der Waals surface area contributed by atoms with E-state index in [1.807, 2.05) is 0 Å². The number of alkyl halides is 1. The Balaban J connectivity index is 2.53. The van der Waals surface area contributed by atoms with Gasteiger partial charge < -0.3 is 0 Å². The van der Waals surface area contributed by atoms with Crippen LogP contribution in [-0.4, -0.2) is 3.92 Å². The third-order valence-electron chi connectivity index (χ3n) is 1.62. The minimum absolute atomic E-state index is 0.835. The van der Waals surface area contributed by atoms with Gasteiger partial charge in [-0.2, -0.15) is 0 Å². The molecule has 0 aromatic rings. The molecule has 0 aromatic heterocycles. The van der Waals surface area contributed by atoms with Crippen molar-refractivity contribution in [2.75, 3.05) is 0 Å². The van der Waals surface area contributed by atoms with Crippen molar-refractivity contribution in [2.24, 2.45) is 0 Å². The lowest BCUT2D eigenvalue weighted by atomic mass is 10.0. The predicted molar refractivity (Wildman–Crippen MR) is 45.4 cm³/mol. The maximum atomic E-state index is 2.51. The Hall–Kier alpha value is 0.470. The van der Waals surface area contributed by atoms with Crippen LogP contribution in [0.1, 0.15) is 26.2 Å². The first-order chi connectivity index (χ1) is 3.80. The summed E-state index contributed by atoms with van der Waals surface area (Å²) in [6.07, 6.45) is 6.46. The van der Waals surface area contributed by atoms with Gasteiger partial charge in [0.25, 0.3) is 0 Å². The summed E-state index contributed by atoms with van der Waals surface area (Å²) in [5.74, 6) is 0. The Morgan fingerprint density at radius 1 is 1.75 bits per heavy atom. The average Bonchev–Trinajstić information content (AvgIpc) is 1.77. The van der Waals surface area contributed by atoms with Gasteiger partial charge in [0.15, 0.2) is 0 Å². The van der Waals surface area contributed by atoms with Crippen molar-refractivity contribution in [1.29, 1.82) is 0 Å². The van der Waals surface area contributed by atoms with Gasteiger partial charge in [0.1, 0.15) is 0 Å². The molecule has 0 bridgehead atoms. The second-order valence-corrected chi connectivity index (χ2v) is 3.85. The summed E-state index contributed by atoms with van der Waals surface area (Å²) in [5, 5.41) is 0. The quantitative estimate of drug-likeness (QED) is 0.336. The van der Waals surface area contributed by atoms with Crippen LogP contribution in [0.4, 0.5) is 0 Å². The Morgan fingerprint density at radius 3 is 2.88 bits per heavy atom. The topological polar surface area (TPSA) is 0 Å². The SMILES string of the molecule is CC1=CCCCC1I. The summed E-state index contributed by atoms with van der Waals surface area (Å²) in [6, 6.07) is 0. The Bertz CT molecular complexity index is 105. The summed E-state index contributed by atoms with van der Waals surface area (Å²) >= 11 is 2.51. The van der Waals surface area contributed by atoms with E-state index in [4.69, 9.17) is 0 Å². The van der Waals surface area contributed by atoms with Crippen LogP contribution < -0.4 is 0 Å². The molecule has 0 aromatic carbocycles. The zero-order chi connectivity index (χ0) is 5.98. The number of allylic oxidation sites excluding steroid dienone is 2. The highest BCUT2D eigenvalue weighted by Gasteiger charge is 2.08. The number of hydrogen-bond acceptors (Lipinski definition) is 0. The maximum absolute atomic E-state index is 2.51. The van der Waals surface area contributed by atoms with Gasteiger partial charge in [-0.05, 0) is 26.2 Å². The van der Waals surface area contributed by atoms with Crippen molar-refractivity contribution in [3.05, 3.63) is 11.6 Å². The first-order valence-corrected chi connectivity index (χ1v) is 4.36. The molecule has 0 saturated heterocycles. The molecular weight excluding hydrogens is 211 g/mol. The van der Waals surface area contributed by atoms with E-state index < -0.39 is 0 Å². The molecule has 1 aliphatic carbocycles. The Kier molecular flexibility index (Phi) is 2.35. The standard InChI is InChI=1S/C7H11I/c1-6-4-2-3-5-7(6)8/h4,7H,2-3,5H2,1H3. The van der Waals surface area contributed by atoms with E-state index in [-0.39, 0.29) is 0 Å². The van der Waals surface area contributed by atoms with Crippen LogP contribution in [0, 0.1) is 0 Å². The van der Waals surface area contributed by atoms with Crippen LogP contribution in [-0.2, 0) is 0 Å². The van der Waals surface area contributed by atoms with Crippen molar-refractivity contribution in [3.63, 3.8) is 0 Å². The zero-order valence-electron chi connectivity index (χ0n) is 5.15. The van der Waals surface area contributed by atoms with Crippen LogP contribution in [0.2, 0.25) is 0 Å².